The Morgan fingerprint density at radius 2 is 2.00 bits per heavy atom. The van der Waals surface area contributed by atoms with Crippen LogP contribution in [0.4, 0.5) is 10.6 Å². The molecule has 10 nitrogen and oxygen atoms in total. The molecule has 0 saturated carbocycles. The van der Waals surface area contributed by atoms with Gasteiger partial charge in [0, 0.05) is 32.4 Å². The molecule has 5 heterocycles. The van der Waals surface area contributed by atoms with Gasteiger partial charge in [0.2, 0.25) is 0 Å². The highest BCUT2D eigenvalue weighted by molar-refractivity contribution is 8.26. The largest absolute Gasteiger partial charge is 0.467 e. The second-order valence-electron chi connectivity index (χ2n) is 8.10. The normalized spacial score (nSPS) is 17.5. The van der Waals surface area contributed by atoms with E-state index in [1.54, 1.807) is 54.6 Å². The first kappa shape index (κ1) is 24.1. The molecule has 0 aliphatic carbocycles. The molecule has 5 rings (SSSR count). The van der Waals surface area contributed by atoms with E-state index in [0.717, 1.165) is 11.8 Å². The van der Waals surface area contributed by atoms with Crippen molar-refractivity contribution >= 4 is 57.8 Å². The van der Waals surface area contributed by atoms with Crippen molar-refractivity contribution in [3.05, 3.63) is 69.4 Å². The molecule has 3 aromatic rings. The summed E-state index contributed by atoms with van der Waals surface area (Å²) in [5, 5.41) is 0. The van der Waals surface area contributed by atoms with Crippen molar-refractivity contribution in [1.82, 2.24) is 19.2 Å². The first-order valence-corrected chi connectivity index (χ1v) is 12.6. The number of fused-ring (bicyclic) bond motifs is 1. The molecule has 36 heavy (non-hydrogen) atoms. The minimum atomic E-state index is -0.357. The van der Waals surface area contributed by atoms with Gasteiger partial charge in [0.05, 0.1) is 29.9 Å². The maximum Gasteiger partial charge on any atom is 0.409 e. The van der Waals surface area contributed by atoms with Gasteiger partial charge in [-0.2, -0.15) is 0 Å². The number of nitrogens with zero attached hydrogens (tertiary/aromatic N) is 5. The molecular weight excluding hydrogens is 502 g/mol. The third-order valence-corrected chi connectivity index (χ3v) is 7.27. The maximum atomic E-state index is 13.5. The lowest BCUT2D eigenvalue weighted by atomic mass is 10.2. The van der Waals surface area contributed by atoms with Crippen LogP contribution in [0.1, 0.15) is 18.2 Å². The number of thioether (sulfide) groups is 1. The number of carbonyl (C=O) groups is 2. The summed E-state index contributed by atoms with van der Waals surface area (Å²) in [5.41, 5.74) is 0.495. The lowest BCUT2D eigenvalue weighted by Gasteiger charge is -2.35. The van der Waals surface area contributed by atoms with Crippen LogP contribution in [-0.4, -0.2) is 68.3 Å². The van der Waals surface area contributed by atoms with Gasteiger partial charge in [0.1, 0.15) is 21.5 Å². The minimum absolute atomic E-state index is 0.215. The molecule has 2 aliphatic heterocycles. The number of furan rings is 1. The zero-order valence-electron chi connectivity index (χ0n) is 19.5. The summed E-state index contributed by atoms with van der Waals surface area (Å²) in [7, 11) is 0. The highest BCUT2D eigenvalue weighted by Gasteiger charge is 2.34. The molecule has 3 aromatic heterocycles. The number of hydrogen-bond acceptors (Lipinski definition) is 9. The van der Waals surface area contributed by atoms with Crippen LogP contribution in [0, 0.1) is 0 Å². The third kappa shape index (κ3) is 4.61. The number of rotatable bonds is 5. The van der Waals surface area contributed by atoms with Crippen LogP contribution in [0.2, 0.25) is 0 Å². The fourth-order valence-electron chi connectivity index (χ4n) is 4.10. The van der Waals surface area contributed by atoms with E-state index in [9.17, 15) is 14.4 Å². The Hall–Kier alpha value is -3.64. The van der Waals surface area contributed by atoms with Gasteiger partial charge in [-0.25, -0.2) is 9.78 Å². The Morgan fingerprint density at radius 1 is 1.19 bits per heavy atom. The fraction of sp³-hybridized carbons (Fsp3) is 0.292. The Balaban J connectivity index is 1.49. The Kier molecular flexibility index (Phi) is 6.79. The molecule has 0 aromatic carbocycles. The average Bonchev–Trinajstić information content (AvgIpc) is 3.50. The lowest BCUT2D eigenvalue weighted by Crippen LogP contribution is -2.49. The maximum absolute atomic E-state index is 13.5. The number of ether oxygens (including phenoxy) is 1. The Labute approximate surface area is 216 Å². The van der Waals surface area contributed by atoms with Gasteiger partial charge < -0.3 is 19.0 Å². The molecule has 0 atom stereocenters. The van der Waals surface area contributed by atoms with Crippen LogP contribution in [-0.2, 0) is 16.1 Å². The highest BCUT2D eigenvalue weighted by atomic mass is 32.2. The number of anilines is 1. The van der Waals surface area contributed by atoms with E-state index >= 15 is 0 Å². The quantitative estimate of drug-likeness (QED) is 0.368. The highest BCUT2D eigenvalue weighted by Crippen LogP contribution is 2.34. The van der Waals surface area contributed by atoms with E-state index in [2.05, 4.69) is 0 Å². The molecule has 0 unspecified atom stereocenters. The molecular formula is C24H23N5O5S2. The number of amides is 2. The summed E-state index contributed by atoms with van der Waals surface area (Å²) < 4.78 is 12.3. The molecule has 2 saturated heterocycles. The van der Waals surface area contributed by atoms with Gasteiger partial charge >= 0.3 is 6.09 Å². The molecule has 0 radical (unpaired) electrons. The summed E-state index contributed by atoms with van der Waals surface area (Å²) >= 11 is 6.58. The van der Waals surface area contributed by atoms with Crippen LogP contribution in [0.25, 0.3) is 11.7 Å². The first-order chi connectivity index (χ1) is 17.5. The van der Waals surface area contributed by atoms with Gasteiger partial charge in [-0.3, -0.25) is 18.9 Å². The lowest BCUT2D eigenvalue weighted by molar-refractivity contribution is -0.122. The summed E-state index contributed by atoms with van der Waals surface area (Å²) in [6.07, 6.45) is 4.40. The van der Waals surface area contributed by atoms with Crippen molar-refractivity contribution in [3.63, 3.8) is 0 Å². The number of carbonyl (C=O) groups excluding carboxylic acids is 2. The number of hydrogen-bond donors (Lipinski definition) is 0. The SMILES string of the molecule is CCOC(=O)N1CCN(c2nc3ccccn3c(=O)c2C=C2SC(=S)N(Cc3ccco3)C2=O)CC1. The standard InChI is InChI=1S/C24H23N5O5S2/c1-2-33-23(32)27-11-9-26(10-12-27)20-17(21(30)28-8-4-3-7-19(28)25-20)14-18-22(31)29(24(35)36-18)15-16-6-5-13-34-16/h3-8,13-14H,2,9-12,15H2,1H3. The van der Waals surface area contributed by atoms with Crippen molar-refractivity contribution in [2.45, 2.75) is 13.5 Å². The van der Waals surface area contributed by atoms with E-state index in [0.29, 0.717) is 64.8 Å². The van der Waals surface area contributed by atoms with Crippen molar-refractivity contribution in [2.24, 2.45) is 0 Å². The van der Waals surface area contributed by atoms with E-state index in [1.807, 2.05) is 11.0 Å². The molecule has 186 valence electrons. The average molecular weight is 526 g/mol. The topological polar surface area (TPSA) is 101 Å². The van der Waals surface area contributed by atoms with Crippen LogP contribution in [0.3, 0.4) is 0 Å². The summed E-state index contributed by atoms with van der Waals surface area (Å²) in [6.45, 7) is 4.09. The number of aromatic nitrogens is 2. The predicted molar refractivity (Wildman–Crippen MR) is 140 cm³/mol. The number of thiocarbonyl (C=S) groups is 1. The van der Waals surface area contributed by atoms with Crippen molar-refractivity contribution in [1.29, 1.82) is 0 Å². The van der Waals surface area contributed by atoms with Crippen molar-refractivity contribution in [2.75, 3.05) is 37.7 Å². The minimum Gasteiger partial charge on any atom is -0.467 e. The monoisotopic (exact) mass is 525 g/mol. The van der Waals surface area contributed by atoms with Gasteiger partial charge in [0.25, 0.3) is 11.5 Å². The zero-order chi connectivity index (χ0) is 25.2. The zero-order valence-corrected chi connectivity index (χ0v) is 21.1. The fourth-order valence-corrected chi connectivity index (χ4v) is 5.34. The predicted octanol–water partition coefficient (Wildman–Crippen LogP) is 2.97. The van der Waals surface area contributed by atoms with E-state index in [1.165, 1.54) is 9.30 Å². The molecule has 0 N–H and O–H groups in total. The molecule has 0 bridgehead atoms. The molecule has 12 heteroatoms. The number of pyridine rings is 1. The van der Waals surface area contributed by atoms with E-state index in [4.69, 9.17) is 26.4 Å². The second-order valence-corrected chi connectivity index (χ2v) is 9.78. The Morgan fingerprint density at radius 3 is 2.72 bits per heavy atom. The molecule has 2 fully saturated rings. The van der Waals surface area contributed by atoms with E-state index < -0.39 is 0 Å². The van der Waals surface area contributed by atoms with E-state index in [-0.39, 0.29) is 24.1 Å². The van der Waals surface area contributed by atoms with Gasteiger partial charge in [-0.1, -0.05) is 30.0 Å². The van der Waals surface area contributed by atoms with Crippen LogP contribution >= 0.6 is 24.0 Å². The number of piperazine rings is 1. The van der Waals surface area contributed by atoms with Gasteiger partial charge in [-0.05, 0) is 37.3 Å². The van der Waals surface area contributed by atoms with Crippen molar-refractivity contribution < 1.29 is 18.7 Å². The smallest absolute Gasteiger partial charge is 0.409 e. The third-order valence-electron chi connectivity index (χ3n) is 5.90. The summed E-state index contributed by atoms with van der Waals surface area (Å²) in [6, 6.07) is 8.84. The van der Waals surface area contributed by atoms with Crippen LogP contribution in [0.15, 0.2) is 56.9 Å². The van der Waals surface area contributed by atoms with Gasteiger partial charge in [0.15, 0.2) is 0 Å². The Bertz CT molecular complexity index is 1410. The van der Waals surface area contributed by atoms with Crippen molar-refractivity contribution in [3.8, 4) is 0 Å². The molecule has 2 amide bonds. The van der Waals surface area contributed by atoms with Crippen LogP contribution in [0.5, 0.6) is 0 Å². The first-order valence-electron chi connectivity index (χ1n) is 11.4. The molecule has 0 spiro atoms. The van der Waals surface area contributed by atoms with Gasteiger partial charge in [-0.15, -0.1) is 0 Å². The second kappa shape index (κ2) is 10.2. The summed E-state index contributed by atoms with van der Waals surface area (Å²) in [5.74, 6) is 0.781. The summed E-state index contributed by atoms with van der Waals surface area (Å²) in [4.78, 5) is 49.0. The molecule has 2 aliphatic rings. The van der Waals surface area contributed by atoms with Crippen LogP contribution < -0.4 is 10.5 Å².